The number of thiophene rings is 1. The van der Waals surface area contributed by atoms with E-state index in [1.165, 1.54) is 18.4 Å². The van der Waals surface area contributed by atoms with Crippen molar-refractivity contribution in [1.29, 1.82) is 0 Å². The summed E-state index contributed by atoms with van der Waals surface area (Å²) in [7, 11) is 1.45. The second-order valence-corrected chi connectivity index (χ2v) is 6.63. The highest BCUT2D eigenvalue weighted by atomic mass is 35.5. The summed E-state index contributed by atoms with van der Waals surface area (Å²) in [6.07, 6.45) is 0.708. The molecule has 0 radical (unpaired) electrons. The molecular formula is C16H17ClN2O4S. The molecule has 2 rings (SSSR count). The Hall–Kier alpha value is -2.25. The molecule has 1 heterocycles. The van der Waals surface area contributed by atoms with Crippen molar-refractivity contribution in [3.63, 3.8) is 0 Å². The highest BCUT2D eigenvalue weighted by Gasteiger charge is 2.12. The number of carbonyl (C=O) groups is 2. The molecule has 0 spiro atoms. The number of carbonyl (C=O) groups excluding carboxylic acids is 2. The van der Waals surface area contributed by atoms with Gasteiger partial charge in [0.15, 0.2) is 18.1 Å². The van der Waals surface area contributed by atoms with Gasteiger partial charge in [0.2, 0.25) is 0 Å². The molecule has 0 fully saturated rings. The lowest BCUT2D eigenvalue weighted by molar-refractivity contribution is -0.119. The number of primary amides is 1. The quantitative estimate of drug-likeness (QED) is 0.747. The maximum absolute atomic E-state index is 12.2. The highest BCUT2D eigenvalue weighted by Crippen LogP contribution is 2.28. The van der Waals surface area contributed by atoms with Crippen LogP contribution in [0.3, 0.4) is 0 Å². The lowest BCUT2D eigenvalue weighted by Gasteiger charge is -2.11. The van der Waals surface area contributed by atoms with E-state index in [4.69, 9.17) is 26.8 Å². The third-order valence-electron chi connectivity index (χ3n) is 3.08. The number of ether oxygens (including phenoxy) is 2. The number of hydrogen-bond acceptors (Lipinski definition) is 5. The van der Waals surface area contributed by atoms with Gasteiger partial charge in [-0.1, -0.05) is 11.6 Å². The van der Waals surface area contributed by atoms with Gasteiger partial charge in [0.1, 0.15) is 0 Å². The maximum atomic E-state index is 12.2. The second kappa shape index (κ2) is 8.56. The number of benzene rings is 1. The number of nitrogens with two attached hydrogens (primary N) is 1. The predicted molar refractivity (Wildman–Crippen MR) is 93.0 cm³/mol. The molecule has 3 N–H and O–H groups in total. The van der Waals surface area contributed by atoms with Crippen molar-refractivity contribution in [2.75, 3.05) is 20.3 Å². The van der Waals surface area contributed by atoms with Crippen LogP contribution in [0.2, 0.25) is 4.34 Å². The molecule has 0 saturated carbocycles. The normalized spacial score (nSPS) is 10.2. The van der Waals surface area contributed by atoms with E-state index in [2.05, 4.69) is 5.32 Å². The summed E-state index contributed by atoms with van der Waals surface area (Å²) in [4.78, 5) is 24.1. The largest absolute Gasteiger partial charge is 0.493 e. The molecule has 0 atom stereocenters. The first kappa shape index (κ1) is 18.1. The second-order valence-electron chi connectivity index (χ2n) is 4.83. The standard InChI is InChI=1S/C16H17ClN2O4S/c1-22-13-8-10(2-4-12(13)23-9-15(18)20)16(21)19-7-6-11-3-5-14(17)24-11/h2-5,8H,6-7,9H2,1H3,(H2,18,20)(H,19,21). The van der Waals surface area contributed by atoms with Crippen molar-refractivity contribution < 1.29 is 19.1 Å². The van der Waals surface area contributed by atoms with Crippen molar-refractivity contribution in [2.45, 2.75) is 6.42 Å². The van der Waals surface area contributed by atoms with Gasteiger partial charge >= 0.3 is 0 Å². The molecule has 2 aromatic rings. The maximum Gasteiger partial charge on any atom is 0.255 e. The fourth-order valence-electron chi connectivity index (χ4n) is 1.96. The Balaban J connectivity index is 1.94. The summed E-state index contributed by atoms with van der Waals surface area (Å²) >= 11 is 7.36. The van der Waals surface area contributed by atoms with Crippen molar-refractivity contribution >= 4 is 34.8 Å². The average Bonchev–Trinajstić information content (AvgIpc) is 2.97. The number of nitrogens with one attached hydrogen (secondary N) is 1. The minimum absolute atomic E-state index is 0.225. The summed E-state index contributed by atoms with van der Waals surface area (Å²) < 4.78 is 11.1. The Kier molecular flexibility index (Phi) is 6.45. The zero-order chi connectivity index (χ0) is 17.5. The molecule has 1 aromatic heterocycles. The van der Waals surface area contributed by atoms with Crippen LogP contribution in [0.5, 0.6) is 11.5 Å². The van der Waals surface area contributed by atoms with Gasteiger partial charge in [0.05, 0.1) is 11.4 Å². The van der Waals surface area contributed by atoms with Crippen molar-refractivity contribution in [3.8, 4) is 11.5 Å². The van der Waals surface area contributed by atoms with E-state index in [1.54, 1.807) is 18.2 Å². The third-order valence-corrected chi connectivity index (χ3v) is 4.37. The molecular weight excluding hydrogens is 352 g/mol. The van der Waals surface area contributed by atoms with Crippen LogP contribution >= 0.6 is 22.9 Å². The molecule has 1 aromatic carbocycles. The number of rotatable bonds is 8. The van der Waals surface area contributed by atoms with Gasteiger partial charge in [-0.05, 0) is 36.8 Å². The monoisotopic (exact) mass is 368 g/mol. The van der Waals surface area contributed by atoms with Crippen molar-refractivity contribution in [3.05, 3.63) is 45.1 Å². The molecule has 128 valence electrons. The van der Waals surface area contributed by atoms with E-state index in [1.807, 2.05) is 12.1 Å². The van der Waals surface area contributed by atoms with Gasteiger partial charge in [-0.15, -0.1) is 11.3 Å². The number of amides is 2. The molecule has 2 amide bonds. The Labute approximate surface area is 148 Å². The van der Waals surface area contributed by atoms with Crippen LogP contribution in [0.4, 0.5) is 0 Å². The zero-order valence-corrected chi connectivity index (χ0v) is 14.6. The van der Waals surface area contributed by atoms with Crippen LogP contribution < -0.4 is 20.5 Å². The summed E-state index contributed by atoms with van der Waals surface area (Å²) in [5.74, 6) is -0.111. The van der Waals surface area contributed by atoms with E-state index in [0.29, 0.717) is 30.0 Å². The van der Waals surface area contributed by atoms with E-state index < -0.39 is 5.91 Å². The third kappa shape index (κ3) is 5.14. The minimum atomic E-state index is -0.590. The van der Waals surface area contributed by atoms with E-state index in [-0.39, 0.29) is 12.5 Å². The van der Waals surface area contributed by atoms with Crippen LogP contribution in [-0.2, 0) is 11.2 Å². The molecule has 0 saturated heterocycles. The number of methoxy groups -OCH3 is 1. The molecule has 6 nitrogen and oxygen atoms in total. The van der Waals surface area contributed by atoms with Gasteiger partial charge in [0.25, 0.3) is 11.8 Å². The summed E-state index contributed by atoms with van der Waals surface area (Å²) in [6, 6.07) is 8.48. The summed E-state index contributed by atoms with van der Waals surface area (Å²) in [5, 5.41) is 2.83. The molecule has 0 aliphatic rings. The lowest BCUT2D eigenvalue weighted by Crippen LogP contribution is -2.25. The van der Waals surface area contributed by atoms with Crippen LogP contribution in [0.1, 0.15) is 15.2 Å². The average molecular weight is 369 g/mol. The van der Waals surface area contributed by atoms with Gasteiger partial charge < -0.3 is 20.5 Å². The Morgan fingerprint density at radius 1 is 1.25 bits per heavy atom. The SMILES string of the molecule is COc1cc(C(=O)NCCc2ccc(Cl)s2)ccc1OCC(N)=O. The van der Waals surface area contributed by atoms with E-state index in [9.17, 15) is 9.59 Å². The topological polar surface area (TPSA) is 90.7 Å². The van der Waals surface area contributed by atoms with Gasteiger partial charge in [-0.25, -0.2) is 0 Å². The molecule has 0 unspecified atom stereocenters. The first-order chi connectivity index (χ1) is 11.5. The van der Waals surface area contributed by atoms with E-state index >= 15 is 0 Å². The zero-order valence-electron chi connectivity index (χ0n) is 13.0. The minimum Gasteiger partial charge on any atom is -0.493 e. The molecule has 0 bridgehead atoms. The highest BCUT2D eigenvalue weighted by molar-refractivity contribution is 7.16. The van der Waals surface area contributed by atoms with Crippen LogP contribution in [0.15, 0.2) is 30.3 Å². The first-order valence-electron chi connectivity index (χ1n) is 7.11. The molecule has 8 heteroatoms. The van der Waals surface area contributed by atoms with Gasteiger partial charge in [0, 0.05) is 17.0 Å². The fourth-order valence-corrected chi connectivity index (χ4v) is 3.05. The summed E-state index contributed by atoms with van der Waals surface area (Å²) in [5.41, 5.74) is 5.47. The van der Waals surface area contributed by atoms with Crippen LogP contribution in [-0.4, -0.2) is 32.1 Å². The van der Waals surface area contributed by atoms with Crippen molar-refractivity contribution in [1.82, 2.24) is 5.32 Å². The Morgan fingerprint density at radius 2 is 2.04 bits per heavy atom. The molecule has 0 aliphatic heterocycles. The fraction of sp³-hybridized carbons (Fsp3) is 0.250. The van der Waals surface area contributed by atoms with Crippen molar-refractivity contribution in [2.24, 2.45) is 5.73 Å². The Morgan fingerprint density at radius 3 is 2.67 bits per heavy atom. The van der Waals surface area contributed by atoms with E-state index in [0.717, 1.165) is 9.21 Å². The lowest BCUT2D eigenvalue weighted by atomic mass is 10.2. The predicted octanol–water partition coefficient (Wildman–Crippen LogP) is 2.25. The van der Waals surface area contributed by atoms with Crippen LogP contribution in [0, 0.1) is 0 Å². The molecule has 24 heavy (non-hydrogen) atoms. The Bertz CT molecular complexity index is 733. The summed E-state index contributed by atoms with van der Waals surface area (Å²) in [6.45, 7) is 0.239. The first-order valence-corrected chi connectivity index (χ1v) is 8.30. The smallest absolute Gasteiger partial charge is 0.255 e. The number of halogens is 1. The molecule has 0 aliphatic carbocycles. The van der Waals surface area contributed by atoms with Gasteiger partial charge in [-0.2, -0.15) is 0 Å². The van der Waals surface area contributed by atoms with Crippen LogP contribution in [0.25, 0.3) is 0 Å². The van der Waals surface area contributed by atoms with Gasteiger partial charge in [-0.3, -0.25) is 9.59 Å². The number of hydrogen-bond donors (Lipinski definition) is 2.